The largest absolute Gasteiger partial charge is 0.481 e. The summed E-state index contributed by atoms with van der Waals surface area (Å²) in [5.74, 6) is 1.34. The summed E-state index contributed by atoms with van der Waals surface area (Å²) in [6.45, 7) is 11.3. The van der Waals surface area contributed by atoms with E-state index in [1.165, 1.54) is 12.8 Å². The van der Waals surface area contributed by atoms with Crippen molar-refractivity contribution in [3.63, 3.8) is 0 Å². The van der Waals surface area contributed by atoms with Crippen molar-refractivity contribution in [2.45, 2.75) is 59.4 Å². The molecule has 1 fully saturated rings. The highest BCUT2D eigenvalue weighted by Crippen LogP contribution is 2.26. The Morgan fingerprint density at radius 1 is 1.22 bits per heavy atom. The van der Waals surface area contributed by atoms with Crippen molar-refractivity contribution in [2.24, 2.45) is 17.8 Å². The second-order valence-electron chi connectivity index (χ2n) is 6.39. The molecule has 1 saturated heterocycles. The Labute approximate surface area is 112 Å². The Morgan fingerprint density at radius 2 is 1.83 bits per heavy atom. The third-order valence-corrected chi connectivity index (χ3v) is 4.32. The standard InChI is InChI=1S/C15H29NO2/c1-11(2)14(12(3)4)10-16-8-6-5-7-13(16)9-15(17)18/h11-14H,5-10H2,1-4H3,(H,17,18). The van der Waals surface area contributed by atoms with Crippen LogP contribution in [0.2, 0.25) is 0 Å². The molecular weight excluding hydrogens is 226 g/mol. The van der Waals surface area contributed by atoms with Crippen LogP contribution in [-0.4, -0.2) is 35.1 Å². The quantitative estimate of drug-likeness (QED) is 0.792. The van der Waals surface area contributed by atoms with Gasteiger partial charge in [-0.15, -0.1) is 0 Å². The van der Waals surface area contributed by atoms with Crippen molar-refractivity contribution in [3.8, 4) is 0 Å². The molecule has 0 saturated carbocycles. The normalized spacial score (nSPS) is 22.1. The summed E-state index contributed by atoms with van der Waals surface area (Å²) >= 11 is 0. The molecule has 1 aliphatic rings. The van der Waals surface area contributed by atoms with Crippen LogP contribution in [-0.2, 0) is 4.79 Å². The highest BCUT2D eigenvalue weighted by molar-refractivity contribution is 5.67. The third kappa shape index (κ3) is 4.60. The van der Waals surface area contributed by atoms with Crippen molar-refractivity contribution in [1.29, 1.82) is 0 Å². The first-order valence-corrected chi connectivity index (χ1v) is 7.37. The van der Waals surface area contributed by atoms with E-state index in [2.05, 4.69) is 32.6 Å². The summed E-state index contributed by atoms with van der Waals surface area (Å²) in [5.41, 5.74) is 0. The van der Waals surface area contributed by atoms with E-state index in [1.54, 1.807) is 0 Å². The van der Waals surface area contributed by atoms with Gasteiger partial charge in [-0.3, -0.25) is 9.69 Å². The van der Waals surface area contributed by atoms with E-state index in [1.807, 2.05) is 0 Å². The number of hydrogen-bond donors (Lipinski definition) is 1. The number of carbonyl (C=O) groups is 1. The molecule has 0 aromatic carbocycles. The molecule has 1 rings (SSSR count). The van der Waals surface area contributed by atoms with E-state index in [-0.39, 0.29) is 6.04 Å². The lowest BCUT2D eigenvalue weighted by Gasteiger charge is -2.39. The fraction of sp³-hybridized carbons (Fsp3) is 0.933. The lowest BCUT2D eigenvalue weighted by Crippen LogP contribution is -2.45. The Kier molecular flexibility index (Phi) is 6.13. The number of rotatable bonds is 6. The van der Waals surface area contributed by atoms with Gasteiger partial charge in [-0.25, -0.2) is 0 Å². The molecule has 3 heteroatoms. The molecule has 0 bridgehead atoms. The van der Waals surface area contributed by atoms with Crippen LogP contribution in [0.25, 0.3) is 0 Å². The molecule has 1 heterocycles. The zero-order valence-electron chi connectivity index (χ0n) is 12.4. The molecule has 1 N–H and O–H groups in total. The highest BCUT2D eigenvalue weighted by Gasteiger charge is 2.28. The maximum Gasteiger partial charge on any atom is 0.304 e. The van der Waals surface area contributed by atoms with Gasteiger partial charge in [-0.05, 0) is 37.1 Å². The second kappa shape index (κ2) is 7.13. The van der Waals surface area contributed by atoms with Crippen LogP contribution in [0.15, 0.2) is 0 Å². The fourth-order valence-corrected chi connectivity index (χ4v) is 3.20. The molecule has 0 aromatic heterocycles. The van der Waals surface area contributed by atoms with Crippen molar-refractivity contribution in [1.82, 2.24) is 4.90 Å². The first-order valence-electron chi connectivity index (χ1n) is 7.37. The minimum Gasteiger partial charge on any atom is -0.481 e. The van der Waals surface area contributed by atoms with Crippen LogP contribution in [0.4, 0.5) is 0 Å². The molecule has 1 unspecified atom stereocenters. The van der Waals surface area contributed by atoms with Gasteiger partial charge in [0.05, 0.1) is 6.42 Å². The monoisotopic (exact) mass is 255 g/mol. The van der Waals surface area contributed by atoms with Gasteiger partial charge in [0, 0.05) is 12.6 Å². The number of likely N-dealkylation sites (tertiary alicyclic amines) is 1. The first-order chi connectivity index (χ1) is 8.41. The zero-order valence-corrected chi connectivity index (χ0v) is 12.4. The molecule has 0 aliphatic carbocycles. The molecular formula is C15H29NO2. The predicted molar refractivity (Wildman–Crippen MR) is 74.6 cm³/mol. The third-order valence-electron chi connectivity index (χ3n) is 4.32. The van der Waals surface area contributed by atoms with Gasteiger partial charge in [0.2, 0.25) is 0 Å². The van der Waals surface area contributed by atoms with Gasteiger partial charge >= 0.3 is 5.97 Å². The lowest BCUT2D eigenvalue weighted by molar-refractivity contribution is -0.138. The number of hydrogen-bond acceptors (Lipinski definition) is 2. The van der Waals surface area contributed by atoms with Crippen LogP contribution < -0.4 is 0 Å². The van der Waals surface area contributed by atoms with E-state index in [0.717, 1.165) is 19.5 Å². The molecule has 0 spiro atoms. The van der Waals surface area contributed by atoms with E-state index in [0.29, 0.717) is 24.2 Å². The van der Waals surface area contributed by atoms with Crippen molar-refractivity contribution < 1.29 is 9.90 Å². The van der Waals surface area contributed by atoms with E-state index < -0.39 is 5.97 Å². The smallest absolute Gasteiger partial charge is 0.304 e. The number of nitrogens with zero attached hydrogens (tertiary/aromatic N) is 1. The fourth-order valence-electron chi connectivity index (χ4n) is 3.20. The minimum atomic E-state index is -0.655. The van der Waals surface area contributed by atoms with Crippen molar-refractivity contribution >= 4 is 5.97 Å². The van der Waals surface area contributed by atoms with Gasteiger partial charge in [-0.2, -0.15) is 0 Å². The molecule has 1 aliphatic heterocycles. The van der Waals surface area contributed by atoms with Gasteiger partial charge in [0.25, 0.3) is 0 Å². The Hall–Kier alpha value is -0.570. The number of carboxylic acids is 1. The SMILES string of the molecule is CC(C)C(CN1CCCCC1CC(=O)O)C(C)C. The zero-order chi connectivity index (χ0) is 13.7. The Balaban J connectivity index is 2.62. The minimum absolute atomic E-state index is 0.260. The second-order valence-corrected chi connectivity index (χ2v) is 6.39. The number of carboxylic acid groups (broad SMARTS) is 1. The average molecular weight is 255 g/mol. The summed E-state index contributed by atoms with van der Waals surface area (Å²) in [5, 5.41) is 9.01. The molecule has 0 radical (unpaired) electrons. The number of piperidine rings is 1. The van der Waals surface area contributed by atoms with E-state index >= 15 is 0 Å². The van der Waals surface area contributed by atoms with Crippen LogP contribution in [0.1, 0.15) is 53.4 Å². The maximum absolute atomic E-state index is 10.9. The summed E-state index contributed by atoms with van der Waals surface area (Å²) < 4.78 is 0. The summed E-state index contributed by atoms with van der Waals surface area (Å²) in [7, 11) is 0. The van der Waals surface area contributed by atoms with Gasteiger partial charge < -0.3 is 5.11 Å². The molecule has 18 heavy (non-hydrogen) atoms. The first kappa shape index (κ1) is 15.5. The average Bonchev–Trinajstić information content (AvgIpc) is 2.26. The highest BCUT2D eigenvalue weighted by atomic mass is 16.4. The summed E-state index contributed by atoms with van der Waals surface area (Å²) in [4.78, 5) is 13.4. The van der Waals surface area contributed by atoms with Gasteiger partial charge in [-0.1, -0.05) is 34.1 Å². The predicted octanol–water partition coefficient (Wildman–Crippen LogP) is 3.24. The van der Waals surface area contributed by atoms with Gasteiger partial charge in [0.1, 0.15) is 0 Å². The molecule has 106 valence electrons. The molecule has 1 atom stereocenters. The Morgan fingerprint density at radius 3 is 2.33 bits per heavy atom. The maximum atomic E-state index is 10.9. The number of aliphatic carboxylic acids is 1. The van der Waals surface area contributed by atoms with E-state index in [4.69, 9.17) is 5.11 Å². The molecule has 0 aromatic rings. The van der Waals surface area contributed by atoms with Crippen LogP contribution in [0.3, 0.4) is 0 Å². The summed E-state index contributed by atoms with van der Waals surface area (Å²) in [6, 6.07) is 0.260. The van der Waals surface area contributed by atoms with E-state index in [9.17, 15) is 4.79 Å². The topological polar surface area (TPSA) is 40.5 Å². The Bertz CT molecular complexity index is 255. The molecule has 3 nitrogen and oxygen atoms in total. The van der Waals surface area contributed by atoms with Crippen molar-refractivity contribution in [3.05, 3.63) is 0 Å². The molecule has 0 amide bonds. The summed E-state index contributed by atoms with van der Waals surface area (Å²) in [6.07, 6.45) is 3.76. The van der Waals surface area contributed by atoms with Crippen LogP contribution in [0.5, 0.6) is 0 Å². The van der Waals surface area contributed by atoms with Gasteiger partial charge in [0.15, 0.2) is 0 Å². The van der Waals surface area contributed by atoms with Crippen LogP contribution in [0, 0.1) is 17.8 Å². The van der Waals surface area contributed by atoms with Crippen molar-refractivity contribution in [2.75, 3.05) is 13.1 Å². The lowest BCUT2D eigenvalue weighted by atomic mass is 9.84. The van der Waals surface area contributed by atoms with Crippen LogP contribution >= 0.6 is 0 Å².